The Kier molecular flexibility index (Phi) is 5.07. The molecule has 1 N–H and O–H groups in total. The molecule has 150 valence electrons. The van der Waals surface area contributed by atoms with Crippen molar-refractivity contribution in [2.75, 3.05) is 13.1 Å². The van der Waals surface area contributed by atoms with Gasteiger partial charge in [0.05, 0.1) is 11.0 Å². The Bertz CT molecular complexity index is 1300. The van der Waals surface area contributed by atoms with Crippen LogP contribution < -0.4 is 5.32 Å². The fourth-order valence-corrected chi connectivity index (χ4v) is 4.41. The molecule has 0 aliphatic carbocycles. The van der Waals surface area contributed by atoms with Crippen molar-refractivity contribution in [3.63, 3.8) is 0 Å². The first-order valence-corrected chi connectivity index (χ1v) is 10.8. The van der Waals surface area contributed by atoms with Gasteiger partial charge in [0.2, 0.25) is 0 Å². The Morgan fingerprint density at radius 1 is 0.800 bits per heavy atom. The van der Waals surface area contributed by atoms with Crippen LogP contribution in [-0.4, -0.2) is 22.1 Å². The highest BCUT2D eigenvalue weighted by Crippen LogP contribution is 2.40. The molecule has 3 aromatic carbocycles. The van der Waals surface area contributed by atoms with E-state index >= 15 is 0 Å². The van der Waals surface area contributed by atoms with Gasteiger partial charge in [-0.05, 0) is 41.9 Å². The number of benzene rings is 3. The first kappa shape index (κ1) is 19.0. The van der Waals surface area contributed by atoms with Crippen molar-refractivity contribution < 1.29 is 0 Å². The maximum Gasteiger partial charge on any atom is 0.126 e. The Morgan fingerprint density at radius 3 is 2.23 bits per heavy atom. The monoisotopic (exact) mass is 413 g/mol. The number of para-hydroxylation sites is 2. The summed E-state index contributed by atoms with van der Waals surface area (Å²) in [4.78, 5) is 0. The molecule has 0 unspecified atom stereocenters. The number of halogens is 1. The zero-order valence-corrected chi connectivity index (χ0v) is 17.7. The van der Waals surface area contributed by atoms with Gasteiger partial charge in [-0.2, -0.15) is 0 Å². The van der Waals surface area contributed by atoms with E-state index in [1.807, 2.05) is 12.1 Å². The Labute approximate surface area is 181 Å². The third kappa shape index (κ3) is 3.20. The van der Waals surface area contributed by atoms with Crippen LogP contribution >= 0.6 is 11.6 Å². The maximum absolute atomic E-state index is 6.17. The van der Waals surface area contributed by atoms with Crippen molar-refractivity contribution in [2.45, 2.75) is 13.5 Å². The molecule has 0 aliphatic rings. The van der Waals surface area contributed by atoms with E-state index < -0.39 is 0 Å². The van der Waals surface area contributed by atoms with Crippen molar-refractivity contribution in [2.24, 2.45) is 0 Å². The highest BCUT2D eigenvalue weighted by Gasteiger charge is 2.21. The minimum Gasteiger partial charge on any atom is -0.324 e. The van der Waals surface area contributed by atoms with Gasteiger partial charge < -0.3 is 9.88 Å². The van der Waals surface area contributed by atoms with Crippen LogP contribution in [0.1, 0.15) is 6.92 Å². The molecule has 0 saturated carbocycles. The second kappa shape index (κ2) is 8.02. The molecule has 2 heterocycles. The number of imidazole rings is 1. The minimum absolute atomic E-state index is 0.754. The number of nitrogens with zero attached hydrogens (tertiary/aromatic N) is 2. The fraction of sp³-hybridized carbons (Fsp3) is 0.154. The summed E-state index contributed by atoms with van der Waals surface area (Å²) in [5.74, 6) is 0. The normalized spacial score (nSPS) is 11.5. The summed E-state index contributed by atoms with van der Waals surface area (Å²) >= 11 is 6.17. The topological polar surface area (TPSA) is 21.4 Å². The number of likely N-dealkylation sites (N-methyl/N-ethyl adjacent to an activating group) is 1. The van der Waals surface area contributed by atoms with E-state index in [0.29, 0.717) is 0 Å². The van der Waals surface area contributed by atoms with E-state index in [4.69, 9.17) is 11.6 Å². The van der Waals surface area contributed by atoms with E-state index in [0.717, 1.165) is 24.7 Å². The minimum atomic E-state index is 0.754. The van der Waals surface area contributed by atoms with Gasteiger partial charge in [-0.15, -0.1) is 0 Å². The molecule has 0 saturated heterocycles. The third-order valence-electron chi connectivity index (χ3n) is 5.65. The molecule has 0 atom stereocenters. The van der Waals surface area contributed by atoms with Gasteiger partial charge in [0, 0.05) is 35.4 Å². The van der Waals surface area contributed by atoms with E-state index in [1.165, 1.54) is 38.9 Å². The molecule has 0 radical (unpaired) electrons. The summed E-state index contributed by atoms with van der Waals surface area (Å²) in [6.07, 6.45) is 2.27. The molecule has 5 rings (SSSR count). The molecule has 5 aromatic rings. The quantitative estimate of drug-likeness (QED) is 0.315. The largest absolute Gasteiger partial charge is 0.324 e. The fourth-order valence-electron chi connectivity index (χ4n) is 4.29. The zero-order chi connectivity index (χ0) is 20.5. The predicted molar refractivity (Wildman–Crippen MR) is 127 cm³/mol. The third-order valence-corrected chi connectivity index (χ3v) is 5.90. The number of rotatable bonds is 6. The molecular formula is C26H24ClN3. The molecule has 4 heteroatoms. The molecule has 0 fully saturated rings. The molecule has 0 aliphatic heterocycles. The van der Waals surface area contributed by atoms with Gasteiger partial charge in [-0.3, -0.25) is 4.40 Å². The standard InChI is InChI=1S/C26H24ClN3/c1-2-28-16-17-29-23-10-6-7-11-24(23)30-18-22(19-12-14-21(27)15-13-19)25(26(29)30)20-8-4-3-5-9-20/h3-15,18,28H,2,16-17H2,1H3. The van der Waals surface area contributed by atoms with Crippen molar-refractivity contribution >= 4 is 28.3 Å². The predicted octanol–water partition coefficient (Wildman–Crippen LogP) is 6.49. The second-order valence-electron chi connectivity index (χ2n) is 7.48. The highest BCUT2D eigenvalue weighted by molar-refractivity contribution is 6.30. The molecule has 3 nitrogen and oxygen atoms in total. The van der Waals surface area contributed by atoms with Crippen LogP contribution in [0.2, 0.25) is 5.02 Å². The molecule has 30 heavy (non-hydrogen) atoms. The summed E-state index contributed by atoms with van der Waals surface area (Å²) in [5.41, 5.74) is 8.57. The van der Waals surface area contributed by atoms with E-state index in [1.54, 1.807) is 0 Å². The van der Waals surface area contributed by atoms with Crippen molar-refractivity contribution in [1.29, 1.82) is 0 Å². The lowest BCUT2D eigenvalue weighted by Gasteiger charge is -2.11. The summed E-state index contributed by atoms with van der Waals surface area (Å²) < 4.78 is 4.79. The number of fused-ring (bicyclic) bond motifs is 3. The first-order valence-electron chi connectivity index (χ1n) is 10.4. The van der Waals surface area contributed by atoms with Crippen LogP contribution in [0.25, 0.3) is 38.9 Å². The van der Waals surface area contributed by atoms with Crippen molar-refractivity contribution in [1.82, 2.24) is 14.3 Å². The number of hydrogen-bond donors (Lipinski definition) is 1. The highest BCUT2D eigenvalue weighted by atomic mass is 35.5. The average Bonchev–Trinajstić information content (AvgIpc) is 3.31. The Hall–Kier alpha value is -3.01. The van der Waals surface area contributed by atoms with Crippen LogP contribution in [-0.2, 0) is 6.54 Å². The van der Waals surface area contributed by atoms with Crippen molar-refractivity contribution in [3.05, 3.63) is 90.1 Å². The van der Waals surface area contributed by atoms with Gasteiger partial charge >= 0.3 is 0 Å². The van der Waals surface area contributed by atoms with Gasteiger partial charge in [-0.25, -0.2) is 0 Å². The first-order chi connectivity index (χ1) is 14.8. The molecular weight excluding hydrogens is 390 g/mol. The summed E-state index contributed by atoms with van der Waals surface area (Å²) in [6, 6.07) is 27.5. The van der Waals surface area contributed by atoms with E-state index in [2.05, 4.69) is 94.1 Å². The summed E-state index contributed by atoms with van der Waals surface area (Å²) in [7, 11) is 0. The number of hydrogen-bond acceptors (Lipinski definition) is 1. The number of nitrogens with one attached hydrogen (secondary N) is 1. The van der Waals surface area contributed by atoms with Crippen molar-refractivity contribution in [3.8, 4) is 22.3 Å². The van der Waals surface area contributed by atoms with Crippen LogP contribution in [0.3, 0.4) is 0 Å². The Balaban J connectivity index is 1.85. The smallest absolute Gasteiger partial charge is 0.126 e. The van der Waals surface area contributed by atoms with Crippen LogP contribution in [0.4, 0.5) is 0 Å². The van der Waals surface area contributed by atoms with Crippen LogP contribution in [0, 0.1) is 0 Å². The summed E-state index contributed by atoms with van der Waals surface area (Å²) in [6.45, 7) is 4.96. The number of aromatic nitrogens is 2. The van der Waals surface area contributed by atoms with E-state index in [-0.39, 0.29) is 0 Å². The lowest BCUT2D eigenvalue weighted by Crippen LogP contribution is -2.19. The lowest BCUT2D eigenvalue weighted by atomic mass is 9.98. The van der Waals surface area contributed by atoms with Crippen LogP contribution in [0.15, 0.2) is 85.1 Å². The molecule has 0 amide bonds. The molecule has 2 aromatic heterocycles. The van der Waals surface area contributed by atoms with Crippen LogP contribution in [0.5, 0.6) is 0 Å². The average molecular weight is 414 g/mol. The SMILES string of the molecule is CCNCCn1c2ccccc2n2cc(-c3ccc(Cl)cc3)c(-c3ccccc3)c12. The lowest BCUT2D eigenvalue weighted by molar-refractivity contribution is 0.635. The van der Waals surface area contributed by atoms with E-state index in [9.17, 15) is 0 Å². The van der Waals surface area contributed by atoms with Gasteiger partial charge in [0.1, 0.15) is 5.65 Å². The molecule has 0 spiro atoms. The van der Waals surface area contributed by atoms with Gasteiger partial charge in [-0.1, -0.05) is 73.1 Å². The summed E-state index contributed by atoms with van der Waals surface area (Å²) in [5, 5.41) is 4.23. The molecule has 0 bridgehead atoms. The van der Waals surface area contributed by atoms with Gasteiger partial charge in [0.25, 0.3) is 0 Å². The zero-order valence-electron chi connectivity index (χ0n) is 17.0. The second-order valence-corrected chi connectivity index (χ2v) is 7.91. The van der Waals surface area contributed by atoms with Gasteiger partial charge in [0.15, 0.2) is 0 Å². The Morgan fingerprint density at radius 2 is 1.50 bits per heavy atom. The maximum atomic E-state index is 6.17.